The number of hydrogen-bond acceptors (Lipinski definition) is 5. The molecular formula is C26H21BrCl2N2O4. The first-order chi connectivity index (χ1) is 16.8. The van der Waals surface area contributed by atoms with Crippen molar-refractivity contribution < 1.29 is 19.0 Å². The van der Waals surface area contributed by atoms with Crippen LogP contribution >= 0.6 is 39.1 Å². The van der Waals surface area contributed by atoms with E-state index in [1.54, 1.807) is 55.6 Å². The number of rotatable bonds is 9. The number of nitriles is 1. The van der Waals surface area contributed by atoms with Crippen LogP contribution in [0.3, 0.4) is 0 Å². The van der Waals surface area contributed by atoms with Crippen LogP contribution in [0.1, 0.15) is 18.1 Å². The highest BCUT2D eigenvalue weighted by Gasteiger charge is 2.15. The van der Waals surface area contributed by atoms with Gasteiger partial charge in [0.1, 0.15) is 24.0 Å². The Labute approximate surface area is 222 Å². The molecule has 3 rings (SSSR count). The summed E-state index contributed by atoms with van der Waals surface area (Å²) in [5, 5.41) is 13.2. The van der Waals surface area contributed by atoms with Gasteiger partial charge in [-0.15, -0.1) is 0 Å². The van der Waals surface area contributed by atoms with E-state index in [0.717, 1.165) is 5.56 Å². The molecule has 0 fully saturated rings. The second-order valence-corrected chi connectivity index (χ2v) is 8.81. The standard InChI is InChI=1S/C26H21BrCl2N2O4/c1-3-34-24-12-17(11-18(14-30)26(32)31-19-5-7-20(33-2)8-6-19)21(27)13-25(24)35-15-16-4-9-22(28)23(29)10-16/h4-13H,3,15H2,1-2H3,(H,31,32)/b18-11+. The summed E-state index contributed by atoms with van der Waals surface area (Å²) in [7, 11) is 1.56. The fourth-order valence-corrected chi connectivity index (χ4v) is 3.77. The van der Waals surface area contributed by atoms with E-state index >= 15 is 0 Å². The van der Waals surface area contributed by atoms with Gasteiger partial charge in [-0.3, -0.25) is 4.79 Å². The summed E-state index contributed by atoms with van der Waals surface area (Å²) < 4.78 is 17.4. The third-order valence-corrected chi connectivity index (χ3v) is 6.18. The molecule has 0 saturated heterocycles. The van der Waals surface area contributed by atoms with Gasteiger partial charge in [0, 0.05) is 10.2 Å². The van der Waals surface area contributed by atoms with Gasteiger partial charge < -0.3 is 19.5 Å². The number of halogens is 3. The van der Waals surface area contributed by atoms with Crippen molar-refractivity contribution >= 4 is 56.8 Å². The highest BCUT2D eigenvalue weighted by molar-refractivity contribution is 9.10. The Bertz CT molecular complexity index is 1290. The normalized spacial score (nSPS) is 10.9. The molecule has 6 nitrogen and oxygen atoms in total. The number of carbonyl (C=O) groups is 1. The van der Waals surface area contributed by atoms with E-state index in [1.165, 1.54) is 6.08 Å². The molecule has 0 spiro atoms. The second kappa shape index (κ2) is 12.5. The first-order valence-electron chi connectivity index (χ1n) is 10.4. The van der Waals surface area contributed by atoms with E-state index in [-0.39, 0.29) is 12.2 Å². The first kappa shape index (κ1) is 26.4. The van der Waals surface area contributed by atoms with Gasteiger partial charge in [-0.05, 0) is 72.7 Å². The molecule has 1 amide bonds. The molecule has 0 heterocycles. The monoisotopic (exact) mass is 574 g/mol. The van der Waals surface area contributed by atoms with Gasteiger partial charge in [-0.1, -0.05) is 45.2 Å². The van der Waals surface area contributed by atoms with Crippen molar-refractivity contribution in [2.24, 2.45) is 0 Å². The SMILES string of the molecule is CCOc1cc(/C=C(\C#N)C(=O)Nc2ccc(OC)cc2)c(Br)cc1OCc1ccc(Cl)c(Cl)c1. The number of nitrogens with zero attached hydrogens (tertiary/aromatic N) is 1. The molecule has 0 aromatic heterocycles. The third-order valence-electron chi connectivity index (χ3n) is 4.75. The van der Waals surface area contributed by atoms with E-state index in [4.69, 9.17) is 37.4 Å². The van der Waals surface area contributed by atoms with Crippen LogP contribution in [0.15, 0.2) is 64.6 Å². The smallest absolute Gasteiger partial charge is 0.266 e. The minimum atomic E-state index is -0.539. The lowest BCUT2D eigenvalue weighted by molar-refractivity contribution is -0.112. The zero-order chi connectivity index (χ0) is 25.4. The molecule has 0 saturated carbocycles. The average Bonchev–Trinajstić information content (AvgIpc) is 2.85. The van der Waals surface area contributed by atoms with Crippen molar-refractivity contribution in [2.45, 2.75) is 13.5 Å². The van der Waals surface area contributed by atoms with E-state index in [2.05, 4.69) is 21.2 Å². The van der Waals surface area contributed by atoms with Crippen molar-refractivity contribution in [1.29, 1.82) is 5.26 Å². The predicted octanol–water partition coefficient (Wildman–Crippen LogP) is 7.29. The summed E-state index contributed by atoms with van der Waals surface area (Å²) in [5.41, 5.74) is 1.88. The van der Waals surface area contributed by atoms with Crippen LogP contribution in [0, 0.1) is 11.3 Å². The Morgan fingerprint density at radius 2 is 1.77 bits per heavy atom. The van der Waals surface area contributed by atoms with Crippen LogP contribution in [0.4, 0.5) is 5.69 Å². The molecule has 0 atom stereocenters. The zero-order valence-corrected chi connectivity index (χ0v) is 22.0. The van der Waals surface area contributed by atoms with Gasteiger partial charge in [0.05, 0.1) is 23.8 Å². The summed E-state index contributed by atoms with van der Waals surface area (Å²) in [6.07, 6.45) is 1.48. The van der Waals surface area contributed by atoms with Gasteiger partial charge in [0.25, 0.3) is 5.91 Å². The van der Waals surface area contributed by atoms with E-state index < -0.39 is 5.91 Å². The third kappa shape index (κ3) is 7.15. The molecule has 0 bridgehead atoms. The Morgan fingerprint density at radius 1 is 1.06 bits per heavy atom. The highest BCUT2D eigenvalue weighted by atomic mass is 79.9. The maximum absolute atomic E-state index is 12.7. The molecule has 0 unspecified atom stereocenters. The quantitative estimate of drug-likeness (QED) is 0.214. The van der Waals surface area contributed by atoms with Crippen molar-refractivity contribution in [3.63, 3.8) is 0 Å². The highest BCUT2D eigenvalue weighted by Crippen LogP contribution is 2.36. The fourth-order valence-electron chi connectivity index (χ4n) is 3.01. The minimum Gasteiger partial charge on any atom is -0.497 e. The molecule has 3 aromatic rings. The number of nitrogens with one attached hydrogen (secondary N) is 1. The van der Waals surface area contributed by atoms with E-state index in [9.17, 15) is 10.1 Å². The lowest BCUT2D eigenvalue weighted by atomic mass is 10.1. The Morgan fingerprint density at radius 3 is 2.40 bits per heavy atom. The summed E-state index contributed by atoms with van der Waals surface area (Å²) in [4.78, 5) is 12.7. The predicted molar refractivity (Wildman–Crippen MR) is 141 cm³/mol. The largest absolute Gasteiger partial charge is 0.497 e. The van der Waals surface area contributed by atoms with Crippen LogP contribution < -0.4 is 19.5 Å². The van der Waals surface area contributed by atoms with E-state index in [1.807, 2.05) is 19.1 Å². The van der Waals surface area contributed by atoms with Crippen molar-refractivity contribution in [2.75, 3.05) is 19.0 Å². The van der Waals surface area contributed by atoms with Crippen LogP contribution in [0.2, 0.25) is 10.0 Å². The van der Waals surface area contributed by atoms with Gasteiger partial charge in [-0.2, -0.15) is 5.26 Å². The number of hydrogen-bond donors (Lipinski definition) is 1. The molecule has 0 aliphatic rings. The molecule has 0 aliphatic carbocycles. The number of amides is 1. The molecular weight excluding hydrogens is 555 g/mol. The first-order valence-corrected chi connectivity index (χ1v) is 12.0. The number of benzene rings is 3. The van der Waals surface area contributed by atoms with Crippen molar-refractivity contribution in [3.05, 3.63) is 85.8 Å². The van der Waals surface area contributed by atoms with Crippen LogP contribution in [-0.2, 0) is 11.4 Å². The lowest BCUT2D eigenvalue weighted by Crippen LogP contribution is -2.13. The van der Waals surface area contributed by atoms with Crippen LogP contribution in [-0.4, -0.2) is 19.6 Å². The fraction of sp³-hybridized carbons (Fsp3) is 0.154. The molecule has 1 N–H and O–H groups in total. The Hall–Kier alpha value is -3.18. The van der Waals surface area contributed by atoms with Crippen LogP contribution in [0.5, 0.6) is 17.2 Å². The molecule has 0 aliphatic heterocycles. The summed E-state index contributed by atoms with van der Waals surface area (Å²) >= 11 is 15.6. The van der Waals surface area contributed by atoms with Gasteiger partial charge in [-0.25, -0.2) is 0 Å². The lowest BCUT2D eigenvalue weighted by Gasteiger charge is -2.14. The number of anilines is 1. The molecule has 3 aromatic carbocycles. The number of ether oxygens (including phenoxy) is 3. The Balaban J connectivity index is 1.82. The topological polar surface area (TPSA) is 80.6 Å². The zero-order valence-electron chi connectivity index (χ0n) is 18.9. The number of methoxy groups -OCH3 is 1. The summed E-state index contributed by atoms with van der Waals surface area (Å²) in [6, 6.07) is 17.4. The van der Waals surface area contributed by atoms with Gasteiger partial charge >= 0.3 is 0 Å². The van der Waals surface area contributed by atoms with Gasteiger partial charge in [0.15, 0.2) is 11.5 Å². The molecule has 0 radical (unpaired) electrons. The maximum Gasteiger partial charge on any atom is 0.266 e. The van der Waals surface area contributed by atoms with Crippen LogP contribution in [0.25, 0.3) is 6.08 Å². The summed E-state index contributed by atoms with van der Waals surface area (Å²) in [6.45, 7) is 2.49. The van der Waals surface area contributed by atoms with Gasteiger partial charge in [0.2, 0.25) is 0 Å². The minimum absolute atomic E-state index is 0.0755. The average molecular weight is 576 g/mol. The van der Waals surface area contributed by atoms with Crippen molar-refractivity contribution in [1.82, 2.24) is 0 Å². The van der Waals surface area contributed by atoms with E-state index in [0.29, 0.717) is 49.6 Å². The maximum atomic E-state index is 12.7. The Kier molecular flexibility index (Phi) is 9.44. The van der Waals surface area contributed by atoms with Crippen molar-refractivity contribution in [3.8, 4) is 23.3 Å². The number of carbonyl (C=O) groups excluding carboxylic acids is 1. The summed E-state index contributed by atoms with van der Waals surface area (Å²) in [5.74, 6) is 1.08. The second-order valence-electron chi connectivity index (χ2n) is 7.14. The molecule has 180 valence electrons. The molecule has 35 heavy (non-hydrogen) atoms. The molecule has 9 heteroatoms.